The summed E-state index contributed by atoms with van der Waals surface area (Å²) in [7, 11) is 0. The van der Waals surface area contributed by atoms with Gasteiger partial charge in [0.1, 0.15) is 0 Å². The van der Waals surface area contributed by atoms with Gasteiger partial charge in [0.2, 0.25) is 0 Å². The SMILES string of the molecule is Cc1cc(Cn2nnn(-c3ccc(C(F)(F)F)cc3)c2=O)ccc1NC(=O)c1cccc(I)c1C(N)=O. The molecule has 0 spiro atoms. The third kappa shape index (κ3) is 5.55. The van der Waals surface area contributed by atoms with Crippen LogP contribution in [0.15, 0.2) is 65.5 Å². The smallest absolute Gasteiger partial charge is 0.366 e. The Balaban J connectivity index is 1.52. The number of alkyl halides is 3. The fraction of sp³-hybridized carbons (Fsp3) is 0.125. The molecule has 1 heterocycles. The number of amides is 2. The summed E-state index contributed by atoms with van der Waals surface area (Å²) in [6, 6.07) is 13.9. The second kappa shape index (κ2) is 10.2. The molecule has 4 rings (SSSR count). The lowest BCUT2D eigenvalue weighted by atomic mass is 10.1. The molecule has 1 aromatic heterocycles. The van der Waals surface area contributed by atoms with Gasteiger partial charge in [-0.3, -0.25) is 9.59 Å². The van der Waals surface area contributed by atoms with Gasteiger partial charge < -0.3 is 11.1 Å². The molecule has 190 valence electrons. The first-order valence-electron chi connectivity index (χ1n) is 10.7. The van der Waals surface area contributed by atoms with Crippen molar-refractivity contribution < 1.29 is 22.8 Å². The Hall–Kier alpha value is -4.01. The Bertz CT molecular complexity index is 1560. The Morgan fingerprint density at radius 3 is 2.38 bits per heavy atom. The maximum absolute atomic E-state index is 12.8. The summed E-state index contributed by atoms with van der Waals surface area (Å²) in [6.07, 6.45) is -4.49. The highest BCUT2D eigenvalue weighted by molar-refractivity contribution is 14.1. The quantitative estimate of drug-likeness (QED) is 0.317. The lowest BCUT2D eigenvalue weighted by Gasteiger charge is -2.12. The van der Waals surface area contributed by atoms with Crippen LogP contribution in [0.3, 0.4) is 0 Å². The number of tetrazole rings is 1. The summed E-state index contributed by atoms with van der Waals surface area (Å²) in [5.41, 5.74) is 6.22. The number of anilines is 1. The standard InChI is InChI=1S/C24H18F3IN6O3/c1-13-11-14(5-10-19(13)30-22(36)17-3-2-4-18(28)20(17)21(29)35)12-33-23(37)34(32-31-33)16-8-6-15(7-9-16)24(25,26)27/h2-11H,12H2,1H3,(H2,29,35)(H,30,36). The average Bonchev–Trinajstić information content (AvgIpc) is 3.19. The van der Waals surface area contributed by atoms with Crippen LogP contribution in [0.2, 0.25) is 0 Å². The van der Waals surface area contributed by atoms with Crippen molar-refractivity contribution in [3.63, 3.8) is 0 Å². The largest absolute Gasteiger partial charge is 0.416 e. The minimum atomic E-state index is -4.49. The van der Waals surface area contributed by atoms with E-state index in [1.165, 1.54) is 6.07 Å². The highest BCUT2D eigenvalue weighted by Gasteiger charge is 2.30. The van der Waals surface area contributed by atoms with Crippen molar-refractivity contribution >= 4 is 40.1 Å². The van der Waals surface area contributed by atoms with Gasteiger partial charge >= 0.3 is 11.9 Å². The molecule has 37 heavy (non-hydrogen) atoms. The van der Waals surface area contributed by atoms with E-state index in [9.17, 15) is 27.6 Å². The third-order valence-electron chi connectivity index (χ3n) is 5.45. The van der Waals surface area contributed by atoms with Crippen molar-refractivity contribution in [3.05, 3.63) is 103 Å². The lowest BCUT2D eigenvalue weighted by molar-refractivity contribution is -0.137. The first kappa shape index (κ1) is 26.1. The summed E-state index contributed by atoms with van der Waals surface area (Å²) in [5.74, 6) is -1.21. The fourth-order valence-corrected chi connectivity index (χ4v) is 4.38. The van der Waals surface area contributed by atoms with Crippen molar-refractivity contribution in [2.75, 3.05) is 5.32 Å². The van der Waals surface area contributed by atoms with Gasteiger partial charge in [-0.05, 0) is 93.5 Å². The lowest BCUT2D eigenvalue weighted by Crippen LogP contribution is -2.25. The van der Waals surface area contributed by atoms with Gasteiger partial charge in [0.25, 0.3) is 11.8 Å². The Kier molecular flexibility index (Phi) is 7.16. The van der Waals surface area contributed by atoms with Crippen LogP contribution in [0.25, 0.3) is 5.69 Å². The molecule has 3 N–H and O–H groups in total. The van der Waals surface area contributed by atoms with Crippen LogP contribution in [0.1, 0.15) is 37.4 Å². The first-order chi connectivity index (χ1) is 17.5. The molecule has 13 heteroatoms. The molecule has 0 unspecified atom stereocenters. The Labute approximate surface area is 221 Å². The molecular formula is C24H18F3IN6O3. The van der Waals surface area contributed by atoms with E-state index in [0.29, 0.717) is 20.4 Å². The van der Waals surface area contributed by atoms with Gasteiger partial charge in [-0.25, -0.2) is 4.79 Å². The molecular weight excluding hydrogens is 604 g/mol. The molecule has 0 bridgehead atoms. The number of aromatic nitrogens is 4. The summed E-state index contributed by atoms with van der Waals surface area (Å²) < 4.78 is 40.9. The van der Waals surface area contributed by atoms with E-state index in [-0.39, 0.29) is 23.4 Å². The van der Waals surface area contributed by atoms with Crippen LogP contribution < -0.4 is 16.7 Å². The zero-order valence-corrected chi connectivity index (χ0v) is 21.2. The maximum Gasteiger partial charge on any atom is 0.416 e. The molecule has 9 nitrogen and oxygen atoms in total. The van der Waals surface area contributed by atoms with E-state index in [1.54, 1.807) is 37.3 Å². The van der Waals surface area contributed by atoms with E-state index < -0.39 is 29.2 Å². The fourth-order valence-electron chi connectivity index (χ4n) is 3.62. The zero-order valence-electron chi connectivity index (χ0n) is 19.1. The molecule has 0 fully saturated rings. The number of aryl methyl sites for hydroxylation is 1. The third-order valence-corrected chi connectivity index (χ3v) is 6.35. The molecule has 0 atom stereocenters. The van der Waals surface area contributed by atoms with E-state index in [1.807, 2.05) is 22.6 Å². The van der Waals surface area contributed by atoms with Crippen LogP contribution in [-0.4, -0.2) is 31.6 Å². The maximum atomic E-state index is 12.8. The minimum absolute atomic E-state index is 0.0389. The number of rotatable bonds is 6. The van der Waals surface area contributed by atoms with E-state index in [0.717, 1.165) is 33.6 Å². The van der Waals surface area contributed by atoms with Gasteiger partial charge in [0.15, 0.2) is 0 Å². The van der Waals surface area contributed by atoms with Gasteiger partial charge in [-0.15, -0.1) is 0 Å². The van der Waals surface area contributed by atoms with Gasteiger partial charge in [-0.1, -0.05) is 18.2 Å². The number of nitrogens with one attached hydrogen (secondary N) is 1. The van der Waals surface area contributed by atoms with Crippen LogP contribution in [0.4, 0.5) is 18.9 Å². The summed E-state index contributed by atoms with van der Waals surface area (Å²) >= 11 is 1.93. The summed E-state index contributed by atoms with van der Waals surface area (Å²) in [4.78, 5) is 37.3. The number of halogens is 4. The normalized spacial score (nSPS) is 11.4. The first-order valence-corrected chi connectivity index (χ1v) is 11.7. The van der Waals surface area contributed by atoms with Crippen molar-refractivity contribution in [1.82, 2.24) is 19.8 Å². The molecule has 0 radical (unpaired) electrons. The summed E-state index contributed by atoms with van der Waals surface area (Å²) in [6.45, 7) is 1.79. The van der Waals surface area contributed by atoms with Crippen LogP contribution in [0.5, 0.6) is 0 Å². The highest BCUT2D eigenvalue weighted by atomic mass is 127. The number of carbonyl (C=O) groups is 2. The van der Waals surface area contributed by atoms with Crippen molar-refractivity contribution in [1.29, 1.82) is 0 Å². The van der Waals surface area contributed by atoms with E-state index >= 15 is 0 Å². The second-order valence-electron chi connectivity index (χ2n) is 8.01. The average molecular weight is 622 g/mol. The highest BCUT2D eigenvalue weighted by Crippen LogP contribution is 2.29. The van der Waals surface area contributed by atoms with Crippen LogP contribution >= 0.6 is 22.6 Å². The van der Waals surface area contributed by atoms with Gasteiger partial charge in [0.05, 0.1) is 28.9 Å². The van der Waals surface area contributed by atoms with Crippen molar-refractivity contribution in [3.8, 4) is 5.69 Å². The van der Waals surface area contributed by atoms with Gasteiger partial charge in [-0.2, -0.15) is 22.5 Å². The summed E-state index contributed by atoms with van der Waals surface area (Å²) in [5, 5.41) is 10.3. The number of hydrogen-bond acceptors (Lipinski definition) is 5. The monoisotopic (exact) mass is 622 g/mol. The molecule has 3 aromatic carbocycles. The van der Waals surface area contributed by atoms with Crippen LogP contribution in [0, 0.1) is 10.5 Å². The number of nitrogens with two attached hydrogens (primary N) is 1. The number of hydrogen-bond donors (Lipinski definition) is 2. The Morgan fingerprint density at radius 2 is 1.76 bits per heavy atom. The topological polar surface area (TPSA) is 125 Å². The van der Waals surface area contributed by atoms with E-state index in [2.05, 4.69) is 15.7 Å². The number of nitrogens with zero attached hydrogens (tertiary/aromatic N) is 4. The van der Waals surface area contributed by atoms with Gasteiger partial charge in [0, 0.05) is 9.26 Å². The Morgan fingerprint density at radius 1 is 1.05 bits per heavy atom. The zero-order chi connectivity index (χ0) is 26.9. The number of benzene rings is 3. The van der Waals surface area contributed by atoms with Crippen molar-refractivity contribution in [2.24, 2.45) is 5.73 Å². The predicted octanol–water partition coefficient (Wildman–Crippen LogP) is 3.76. The van der Waals surface area contributed by atoms with Crippen LogP contribution in [-0.2, 0) is 12.7 Å². The molecule has 0 aliphatic rings. The predicted molar refractivity (Wildman–Crippen MR) is 137 cm³/mol. The molecule has 2 amide bonds. The van der Waals surface area contributed by atoms with Crippen molar-refractivity contribution in [2.45, 2.75) is 19.6 Å². The molecule has 0 aliphatic carbocycles. The molecule has 0 aliphatic heterocycles. The number of primary amides is 1. The minimum Gasteiger partial charge on any atom is -0.366 e. The molecule has 0 saturated heterocycles. The second-order valence-corrected chi connectivity index (χ2v) is 9.17. The van der Waals surface area contributed by atoms with E-state index in [4.69, 9.17) is 5.73 Å². The molecule has 0 saturated carbocycles. The number of carbonyl (C=O) groups excluding carboxylic acids is 2. The molecule has 4 aromatic rings.